The van der Waals surface area contributed by atoms with Crippen LogP contribution in [0.15, 0.2) is 42.5 Å². The number of anilines is 1. The van der Waals surface area contributed by atoms with Gasteiger partial charge < -0.3 is 25.0 Å². The van der Waals surface area contributed by atoms with Gasteiger partial charge in [-0.1, -0.05) is 18.2 Å². The molecule has 0 spiro atoms. The number of hydrogen-bond acceptors (Lipinski definition) is 6. The smallest absolute Gasteiger partial charge is 0.211 e. The minimum Gasteiger partial charge on any atom is -0.506 e. The maximum absolute atomic E-state index is 10.6. The molecule has 1 amide bonds. The summed E-state index contributed by atoms with van der Waals surface area (Å²) in [6.07, 6.45) is -0.000868. The number of phenols is 1. The summed E-state index contributed by atoms with van der Waals surface area (Å²) in [5.41, 5.74) is 1.89. The van der Waals surface area contributed by atoms with E-state index in [1.807, 2.05) is 24.3 Å². The number of aromatic hydroxyl groups is 1. The van der Waals surface area contributed by atoms with Crippen molar-refractivity contribution in [3.8, 4) is 11.5 Å². The molecule has 4 N–H and O–H groups in total. The van der Waals surface area contributed by atoms with Crippen LogP contribution in [0.25, 0.3) is 0 Å². The number of aliphatic hydroxyl groups excluding tert-OH is 1. The molecule has 2 atom stereocenters. The standard InChI is InChI=1S/C19H24N2O5/c1-25-15-6-3-13(4-7-15)9-19(26-2)20-11-18(24)14-5-8-17(23)16(10-14)21-12-22/h3-8,10,12,18-20,23-24H,9,11H2,1-2H3,(H,21,22). The molecule has 2 aromatic rings. The van der Waals surface area contributed by atoms with E-state index in [9.17, 15) is 15.0 Å². The molecule has 2 unspecified atom stereocenters. The number of rotatable bonds is 10. The van der Waals surface area contributed by atoms with Gasteiger partial charge in [0.15, 0.2) is 0 Å². The Morgan fingerprint density at radius 2 is 1.88 bits per heavy atom. The minimum atomic E-state index is -0.823. The number of phenolic OH excluding ortho intramolecular Hbond substituents is 1. The third-order valence-corrected chi connectivity index (χ3v) is 4.02. The summed E-state index contributed by atoms with van der Waals surface area (Å²) in [5, 5.41) is 25.6. The monoisotopic (exact) mass is 360 g/mol. The van der Waals surface area contributed by atoms with Crippen molar-refractivity contribution < 1.29 is 24.5 Å². The van der Waals surface area contributed by atoms with Gasteiger partial charge in [-0.05, 0) is 35.4 Å². The highest BCUT2D eigenvalue weighted by atomic mass is 16.5. The van der Waals surface area contributed by atoms with Crippen molar-refractivity contribution in [2.75, 3.05) is 26.1 Å². The lowest BCUT2D eigenvalue weighted by Gasteiger charge is -2.20. The van der Waals surface area contributed by atoms with Gasteiger partial charge in [-0.2, -0.15) is 0 Å². The Bertz CT molecular complexity index is 706. The number of carbonyl (C=O) groups is 1. The normalized spacial score (nSPS) is 13.0. The van der Waals surface area contributed by atoms with E-state index in [0.717, 1.165) is 11.3 Å². The van der Waals surface area contributed by atoms with Crippen LogP contribution in [0.2, 0.25) is 0 Å². The number of nitrogens with one attached hydrogen (secondary N) is 2. The van der Waals surface area contributed by atoms with Crippen molar-refractivity contribution in [2.24, 2.45) is 0 Å². The molecule has 0 aromatic heterocycles. The largest absolute Gasteiger partial charge is 0.506 e. The fraction of sp³-hybridized carbons (Fsp3) is 0.316. The van der Waals surface area contributed by atoms with Crippen molar-refractivity contribution in [3.05, 3.63) is 53.6 Å². The fourth-order valence-corrected chi connectivity index (χ4v) is 2.52. The summed E-state index contributed by atoms with van der Waals surface area (Å²) in [7, 11) is 3.22. The molecule has 0 aliphatic heterocycles. The Kier molecular flexibility index (Phi) is 7.40. The van der Waals surface area contributed by atoms with E-state index in [0.29, 0.717) is 18.4 Å². The lowest BCUT2D eigenvalue weighted by molar-refractivity contribution is -0.105. The molecule has 26 heavy (non-hydrogen) atoms. The molecule has 0 bridgehead atoms. The Labute approximate surface area is 152 Å². The van der Waals surface area contributed by atoms with E-state index < -0.39 is 6.10 Å². The van der Waals surface area contributed by atoms with E-state index in [-0.39, 0.29) is 24.2 Å². The predicted molar refractivity (Wildman–Crippen MR) is 98.3 cm³/mol. The minimum absolute atomic E-state index is 0.0599. The van der Waals surface area contributed by atoms with Crippen LogP contribution in [-0.2, 0) is 16.0 Å². The Balaban J connectivity index is 1.94. The molecule has 2 rings (SSSR count). The molecule has 0 radical (unpaired) electrons. The summed E-state index contributed by atoms with van der Waals surface area (Å²) >= 11 is 0. The molecule has 7 nitrogen and oxygen atoms in total. The summed E-state index contributed by atoms with van der Waals surface area (Å²) in [6.45, 7) is 0.250. The zero-order valence-corrected chi connectivity index (χ0v) is 14.8. The van der Waals surface area contributed by atoms with E-state index in [1.165, 1.54) is 12.1 Å². The van der Waals surface area contributed by atoms with Gasteiger partial charge in [0, 0.05) is 20.1 Å². The Hall–Kier alpha value is -2.61. The number of aliphatic hydroxyl groups is 1. The first-order chi connectivity index (χ1) is 12.6. The van der Waals surface area contributed by atoms with Gasteiger partial charge in [-0.15, -0.1) is 0 Å². The second-order valence-corrected chi connectivity index (χ2v) is 5.74. The number of carbonyl (C=O) groups excluding carboxylic acids is 1. The average molecular weight is 360 g/mol. The van der Waals surface area contributed by atoms with Crippen molar-refractivity contribution in [2.45, 2.75) is 18.8 Å². The highest BCUT2D eigenvalue weighted by Gasteiger charge is 2.14. The van der Waals surface area contributed by atoms with Gasteiger partial charge in [0.1, 0.15) is 17.7 Å². The summed E-state index contributed by atoms with van der Waals surface area (Å²) in [6, 6.07) is 12.2. The molecule has 7 heteroatoms. The summed E-state index contributed by atoms with van der Waals surface area (Å²) < 4.78 is 10.6. The molecule has 0 fully saturated rings. The molecule has 0 aliphatic carbocycles. The highest BCUT2D eigenvalue weighted by Crippen LogP contribution is 2.26. The van der Waals surface area contributed by atoms with Crippen LogP contribution in [0.1, 0.15) is 17.2 Å². The molecular formula is C19H24N2O5. The van der Waals surface area contributed by atoms with E-state index >= 15 is 0 Å². The van der Waals surface area contributed by atoms with E-state index in [4.69, 9.17) is 9.47 Å². The first kappa shape index (κ1) is 19.7. The van der Waals surface area contributed by atoms with Crippen molar-refractivity contribution in [1.29, 1.82) is 0 Å². The van der Waals surface area contributed by atoms with Crippen molar-refractivity contribution in [1.82, 2.24) is 5.32 Å². The van der Waals surface area contributed by atoms with Crippen LogP contribution < -0.4 is 15.4 Å². The van der Waals surface area contributed by atoms with Gasteiger partial charge in [-0.25, -0.2) is 0 Å². The number of ether oxygens (including phenoxy) is 2. The molecule has 140 valence electrons. The lowest BCUT2D eigenvalue weighted by atomic mass is 10.1. The zero-order chi connectivity index (χ0) is 18.9. The van der Waals surface area contributed by atoms with Gasteiger partial charge in [0.25, 0.3) is 0 Å². The van der Waals surface area contributed by atoms with Crippen molar-refractivity contribution in [3.63, 3.8) is 0 Å². The van der Waals surface area contributed by atoms with Crippen LogP contribution in [0, 0.1) is 0 Å². The van der Waals surface area contributed by atoms with Crippen LogP contribution >= 0.6 is 0 Å². The number of amides is 1. The van der Waals surface area contributed by atoms with E-state index in [2.05, 4.69) is 10.6 Å². The average Bonchev–Trinajstić information content (AvgIpc) is 2.67. The van der Waals surface area contributed by atoms with Gasteiger partial charge in [-0.3, -0.25) is 10.1 Å². The molecular weight excluding hydrogens is 336 g/mol. The second kappa shape index (κ2) is 9.76. The first-order valence-electron chi connectivity index (χ1n) is 8.17. The molecule has 2 aromatic carbocycles. The third-order valence-electron chi connectivity index (χ3n) is 4.02. The lowest BCUT2D eigenvalue weighted by Crippen LogP contribution is -2.35. The van der Waals surface area contributed by atoms with Crippen molar-refractivity contribution >= 4 is 12.1 Å². The van der Waals surface area contributed by atoms with Gasteiger partial charge in [0.05, 0.1) is 18.9 Å². The molecule has 0 saturated carbocycles. The van der Waals surface area contributed by atoms with Gasteiger partial charge >= 0.3 is 0 Å². The van der Waals surface area contributed by atoms with Crippen LogP contribution in [-0.4, -0.2) is 43.6 Å². The maximum atomic E-state index is 10.6. The van der Waals surface area contributed by atoms with Gasteiger partial charge in [0.2, 0.25) is 6.41 Å². The summed E-state index contributed by atoms with van der Waals surface area (Å²) in [5.74, 6) is 0.730. The number of benzene rings is 2. The zero-order valence-electron chi connectivity index (χ0n) is 14.8. The quantitative estimate of drug-likeness (QED) is 0.293. The van der Waals surface area contributed by atoms with Crippen LogP contribution in [0.3, 0.4) is 0 Å². The molecule has 0 heterocycles. The summed E-state index contributed by atoms with van der Waals surface area (Å²) in [4.78, 5) is 10.6. The Morgan fingerprint density at radius 1 is 1.15 bits per heavy atom. The molecule has 0 saturated heterocycles. The van der Waals surface area contributed by atoms with E-state index in [1.54, 1.807) is 20.3 Å². The first-order valence-corrected chi connectivity index (χ1v) is 8.17. The van der Waals surface area contributed by atoms with Crippen LogP contribution in [0.4, 0.5) is 5.69 Å². The fourth-order valence-electron chi connectivity index (χ4n) is 2.52. The second-order valence-electron chi connectivity index (χ2n) is 5.74. The number of methoxy groups -OCH3 is 2. The highest BCUT2D eigenvalue weighted by molar-refractivity contribution is 5.75. The Morgan fingerprint density at radius 3 is 2.50 bits per heavy atom. The third kappa shape index (κ3) is 5.45. The predicted octanol–water partition coefficient (Wildman–Crippen LogP) is 1.81. The van der Waals surface area contributed by atoms with Crippen LogP contribution in [0.5, 0.6) is 11.5 Å². The SMILES string of the molecule is COc1ccc(CC(NCC(O)c2ccc(O)c(NC=O)c2)OC)cc1. The molecule has 0 aliphatic rings. The topological polar surface area (TPSA) is 100 Å². The number of hydrogen-bond donors (Lipinski definition) is 4. The maximum Gasteiger partial charge on any atom is 0.211 e.